The highest BCUT2D eigenvalue weighted by Gasteiger charge is 2.30. The van der Waals surface area contributed by atoms with Gasteiger partial charge >= 0.3 is 6.18 Å². The molecule has 7 heteroatoms. The molecule has 2 heterocycles. The summed E-state index contributed by atoms with van der Waals surface area (Å²) >= 11 is 1.53. The average molecular weight is 349 g/mol. The standard InChI is InChI=1S/C17H14F3N3S/c18-17(19,20)14-5-1-3-12(7-14)8-22-11-16-23-10-15(24-16)13-4-2-6-21-9-13/h1-7,9-10,22H,8,11H2. The van der Waals surface area contributed by atoms with Crippen LogP contribution >= 0.6 is 11.3 Å². The zero-order valence-electron chi connectivity index (χ0n) is 12.5. The second kappa shape index (κ2) is 7.11. The average Bonchev–Trinajstić information content (AvgIpc) is 3.04. The molecule has 0 radical (unpaired) electrons. The van der Waals surface area contributed by atoms with E-state index in [0.717, 1.165) is 27.6 Å². The van der Waals surface area contributed by atoms with Crippen LogP contribution in [0.1, 0.15) is 16.1 Å². The van der Waals surface area contributed by atoms with Crippen molar-refractivity contribution < 1.29 is 13.2 Å². The zero-order valence-corrected chi connectivity index (χ0v) is 13.4. The van der Waals surface area contributed by atoms with Crippen molar-refractivity contribution in [1.29, 1.82) is 0 Å². The van der Waals surface area contributed by atoms with E-state index >= 15 is 0 Å². The van der Waals surface area contributed by atoms with Crippen molar-refractivity contribution in [1.82, 2.24) is 15.3 Å². The van der Waals surface area contributed by atoms with Crippen molar-refractivity contribution in [3.8, 4) is 10.4 Å². The van der Waals surface area contributed by atoms with E-state index in [4.69, 9.17) is 0 Å². The molecule has 0 amide bonds. The number of pyridine rings is 1. The van der Waals surface area contributed by atoms with Gasteiger partial charge in [-0.05, 0) is 17.7 Å². The van der Waals surface area contributed by atoms with Crippen molar-refractivity contribution in [3.05, 3.63) is 71.1 Å². The van der Waals surface area contributed by atoms with Gasteiger partial charge in [-0.3, -0.25) is 4.98 Å². The van der Waals surface area contributed by atoms with Crippen LogP contribution in [-0.2, 0) is 19.3 Å². The number of halogens is 3. The summed E-state index contributed by atoms with van der Waals surface area (Å²) in [6.07, 6.45) is 0.947. The molecule has 2 aromatic heterocycles. The fourth-order valence-electron chi connectivity index (χ4n) is 2.21. The summed E-state index contributed by atoms with van der Waals surface area (Å²) in [4.78, 5) is 9.41. The van der Waals surface area contributed by atoms with Gasteiger partial charge in [-0.2, -0.15) is 13.2 Å². The molecule has 0 spiro atoms. The van der Waals surface area contributed by atoms with Crippen LogP contribution in [0, 0.1) is 0 Å². The molecule has 3 nitrogen and oxygen atoms in total. The van der Waals surface area contributed by atoms with E-state index in [1.165, 1.54) is 17.4 Å². The lowest BCUT2D eigenvalue weighted by Gasteiger charge is -2.09. The first-order chi connectivity index (χ1) is 11.5. The Balaban J connectivity index is 1.59. The van der Waals surface area contributed by atoms with E-state index in [2.05, 4.69) is 15.3 Å². The van der Waals surface area contributed by atoms with E-state index in [9.17, 15) is 13.2 Å². The SMILES string of the molecule is FC(F)(F)c1cccc(CNCc2ncc(-c3cccnc3)s2)c1. The van der Waals surface area contributed by atoms with Crippen LogP contribution in [0.2, 0.25) is 0 Å². The molecular formula is C17H14F3N3S. The molecule has 0 unspecified atom stereocenters. The highest BCUT2D eigenvalue weighted by molar-refractivity contribution is 7.15. The van der Waals surface area contributed by atoms with Gasteiger partial charge in [0, 0.05) is 37.2 Å². The molecule has 3 aromatic rings. The predicted molar refractivity (Wildman–Crippen MR) is 87.3 cm³/mol. The topological polar surface area (TPSA) is 37.8 Å². The zero-order chi connectivity index (χ0) is 17.0. The summed E-state index contributed by atoms with van der Waals surface area (Å²) in [6.45, 7) is 0.854. The Morgan fingerprint density at radius 3 is 2.67 bits per heavy atom. The predicted octanol–water partition coefficient (Wildman–Crippen LogP) is 4.51. The molecule has 1 N–H and O–H groups in total. The van der Waals surface area contributed by atoms with Crippen molar-refractivity contribution >= 4 is 11.3 Å². The quantitative estimate of drug-likeness (QED) is 0.736. The number of thiazole rings is 1. The molecule has 0 saturated heterocycles. The molecule has 0 aliphatic rings. The van der Waals surface area contributed by atoms with Crippen LogP contribution < -0.4 is 5.32 Å². The van der Waals surface area contributed by atoms with Crippen molar-refractivity contribution in [2.45, 2.75) is 19.3 Å². The van der Waals surface area contributed by atoms with Gasteiger partial charge in [0.2, 0.25) is 0 Å². The minimum Gasteiger partial charge on any atom is -0.306 e. The molecule has 3 rings (SSSR count). The third-order valence-corrected chi connectivity index (χ3v) is 4.41. The molecular weight excluding hydrogens is 335 g/mol. The molecule has 0 bridgehead atoms. The number of nitrogens with one attached hydrogen (secondary N) is 1. The molecule has 0 fully saturated rings. The minimum atomic E-state index is -4.32. The Morgan fingerprint density at radius 2 is 1.92 bits per heavy atom. The monoisotopic (exact) mass is 349 g/mol. The number of aromatic nitrogens is 2. The number of benzene rings is 1. The molecule has 1 aromatic carbocycles. The smallest absolute Gasteiger partial charge is 0.306 e. The van der Waals surface area contributed by atoms with Gasteiger partial charge in [0.1, 0.15) is 5.01 Å². The van der Waals surface area contributed by atoms with Gasteiger partial charge in [-0.15, -0.1) is 11.3 Å². The fraction of sp³-hybridized carbons (Fsp3) is 0.176. The first kappa shape index (κ1) is 16.6. The van der Waals surface area contributed by atoms with Gasteiger partial charge in [0.05, 0.1) is 10.4 Å². The summed E-state index contributed by atoms with van der Waals surface area (Å²) in [5.74, 6) is 0. The van der Waals surface area contributed by atoms with Crippen LogP contribution in [0.15, 0.2) is 55.0 Å². The molecule has 0 aliphatic heterocycles. The van der Waals surface area contributed by atoms with Crippen LogP contribution in [0.4, 0.5) is 13.2 Å². The fourth-order valence-corrected chi connectivity index (χ4v) is 3.08. The van der Waals surface area contributed by atoms with E-state index in [1.54, 1.807) is 24.7 Å². The van der Waals surface area contributed by atoms with Crippen LogP contribution in [0.5, 0.6) is 0 Å². The number of hydrogen-bond acceptors (Lipinski definition) is 4. The third-order valence-electron chi connectivity index (χ3n) is 3.36. The third kappa shape index (κ3) is 4.18. The van der Waals surface area contributed by atoms with Gasteiger partial charge in [-0.25, -0.2) is 4.98 Å². The molecule has 0 aliphatic carbocycles. The Kier molecular flexibility index (Phi) is 4.92. The van der Waals surface area contributed by atoms with Gasteiger partial charge in [0.25, 0.3) is 0 Å². The maximum atomic E-state index is 12.7. The van der Waals surface area contributed by atoms with Gasteiger partial charge in [-0.1, -0.05) is 24.3 Å². The van der Waals surface area contributed by atoms with Crippen molar-refractivity contribution in [2.24, 2.45) is 0 Å². The lowest BCUT2D eigenvalue weighted by atomic mass is 10.1. The molecule has 24 heavy (non-hydrogen) atoms. The van der Waals surface area contributed by atoms with E-state index in [1.807, 2.05) is 12.1 Å². The van der Waals surface area contributed by atoms with Gasteiger partial charge < -0.3 is 5.32 Å². The Labute approximate surface area is 141 Å². The Bertz CT molecular complexity index is 800. The summed E-state index contributed by atoms with van der Waals surface area (Å²) in [5.41, 5.74) is 0.961. The Hall–Kier alpha value is -2.25. The maximum Gasteiger partial charge on any atom is 0.416 e. The molecule has 0 saturated carbocycles. The van der Waals surface area contributed by atoms with Crippen molar-refractivity contribution in [2.75, 3.05) is 0 Å². The van der Waals surface area contributed by atoms with Crippen molar-refractivity contribution in [3.63, 3.8) is 0 Å². The highest BCUT2D eigenvalue weighted by Crippen LogP contribution is 2.29. The first-order valence-electron chi connectivity index (χ1n) is 7.24. The Morgan fingerprint density at radius 1 is 1.04 bits per heavy atom. The lowest BCUT2D eigenvalue weighted by molar-refractivity contribution is -0.137. The number of rotatable bonds is 5. The summed E-state index contributed by atoms with van der Waals surface area (Å²) < 4.78 is 38.1. The number of alkyl halides is 3. The van der Waals surface area contributed by atoms with Gasteiger partial charge in [0.15, 0.2) is 0 Å². The van der Waals surface area contributed by atoms with Crippen LogP contribution in [0.25, 0.3) is 10.4 Å². The second-order valence-corrected chi connectivity index (χ2v) is 6.28. The summed E-state index contributed by atoms with van der Waals surface area (Å²) in [6, 6.07) is 9.15. The molecule has 0 atom stereocenters. The number of hydrogen-bond donors (Lipinski definition) is 1. The normalized spacial score (nSPS) is 11.6. The largest absolute Gasteiger partial charge is 0.416 e. The second-order valence-electron chi connectivity index (χ2n) is 5.16. The summed E-state index contributed by atoms with van der Waals surface area (Å²) in [7, 11) is 0. The van der Waals surface area contributed by atoms with Crippen LogP contribution in [-0.4, -0.2) is 9.97 Å². The van der Waals surface area contributed by atoms with E-state index < -0.39 is 11.7 Å². The van der Waals surface area contributed by atoms with E-state index in [-0.39, 0.29) is 0 Å². The number of nitrogens with zero attached hydrogens (tertiary/aromatic N) is 2. The lowest BCUT2D eigenvalue weighted by Crippen LogP contribution is -2.13. The molecule has 124 valence electrons. The van der Waals surface area contributed by atoms with Crippen LogP contribution in [0.3, 0.4) is 0 Å². The minimum absolute atomic E-state index is 0.353. The van der Waals surface area contributed by atoms with E-state index in [0.29, 0.717) is 18.7 Å². The summed E-state index contributed by atoms with van der Waals surface area (Å²) in [5, 5.41) is 4.00. The first-order valence-corrected chi connectivity index (χ1v) is 8.06. The highest BCUT2D eigenvalue weighted by atomic mass is 32.1. The maximum absolute atomic E-state index is 12.7.